The lowest BCUT2D eigenvalue weighted by molar-refractivity contribution is -0.384. The van der Waals surface area contributed by atoms with E-state index in [1.165, 1.54) is 13.8 Å². The van der Waals surface area contributed by atoms with E-state index in [0.717, 1.165) is 6.92 Å². The predicted octanol–water partition coefficient (Wildman–Crippen LogP) is -4.23. The van der Waals surface area contributed by atoms with Gasteiger partial charge in [-0.15, -0.1) is 0 Å². The molecule has 2 rings (SSSR count). The second kappa shape index (κ2) is 9.70. The molecule has 2 aliphatic rings. The summed E-state index contributed by atoms with van der Waals surface area (Å²) in [5.74, 6) is -4.02. The first kappa shape index (κ1) is 26.0. The number of aliphatic hydroxyl groups excluding tert-OH is 7. The van der Waals surface area contributed by atoms with Gasteiger partial charge in [-0.1, -0.05) is 0 Å². The van der Waals surface area contributed by atoms with Crippen LogP contribution in [0.1, 0.15) is 20.8 Å². The molecular formula is C18H30O13. The SMILES string of the molecule is CC(=O)C(C)(C)C(=O)O[C@H]1[C@H](O)[C@@H](CO)O[C@@]1(CO)O[C@H]1O[C@H](CO)[C@@H](O)[C@H](O)[C@H]1O. The molecule has 0 aromatic rings. The standard InChI is InChI=1S/C18H30O13/c1-7(22)17(2,3)16(27)29-14-11(24)9(5-20)30-18(14,6-21)31-15-13(26)12(25)10(23)8(4-19)28-15/h8-15,19-21,23-26H,4-6H2,1-3H3/t8-,9-,10-,11-,12+,13-,14+,15-,18+/m1/s1. The van der Waals surface area contributed by atoms with E-state index in [1.807, 2.05) is 0 Å². The number of hydrogen-bond donors (Lipinski definition) is 7. The number of carbonyl (C=O) groups excluding carboxylic acids is 2. The van der Waals surface area contributed by atoms with E-state index in [1.54, 1.807) is 0 Å². The molecule has 2 saturated heterocycles. The summed E-state index contributed by atoms with van der Waals surface area (Å²) in [7, 11) is 0. The molecule has 2 heterocycles. The molecule has 0 aliphatic carbocycles. The lowest BCUT2D eigenvalue weighted by Gasteiger charge is -2.43. The smallest absolute Gasteiger partial charge is 0.319 e. The van der Waals surface area contributed by atoms with Gasteiger partial charge in [0, 0.05) is 0 Å². The molecule has 0 amide bonds. The first-order valence-corrected chi connectivity index (χ1v) is 9.64. The second-order valence-corrected chi connectivity index (χ2v) is 8.12. The van der Waals surface area contributed by atoms with Crippen LogP contribution in [0.3, 0.4) is 0 Å². The zero-order chi connectivity index (χ0) is 23.7. The Hall–Kier alpha value is -1.26. The maximum absolute atomic E-state index is 12.6. The summed E-state index contributed by atoms with van der Waals surface area (Å²) >= 11 is 0. The maximum Gasteiger partial charge on any atom is 0.319 e. The van der Waals surface area contributed by atoms with Gasteiger partial charge in [-0.3, -0.25) is 9.59 Å². The van der Waals surface area contributed by atoms with Gasteiger partial charge >= 0.3 is 5.97 Å². The van der Waals surface area contributed by atoms with Crippen molar-refractivity contribution in [1.82, 2.24) is 0 Å². The van der Waals surface area contributed by atoms with Gasteiger partial charge in [0.15, 0.2) is 12.4 Å². The van der Waals surface area contributed by atoms with Crippen LogP contribution < -0.4 is 0 Å². The van der Waals surface area contributed by atoms with Crippen molar-refractivity contribution in [2.24, 2.45) is 5.41 Å². The minimum atomic E-state index is -2.39. The van der Waals surface area contributed by atoms with Gasteiger partial charge in [0.05, 0.1) is 13.2 Å². The average Bonchev–Trinajstić information content (AvgIpc) is 2.99. The third-order valence-electron chi connectivity index (χ3n) is 5.66. The average molecular weight is 454 g/mol. The highest BCUT2D eigenvalue weighted by molar-refractivity contribution is 6.01. The van der Waals surface area contributed by atoms with Gasteiger partial charge in [-0.05, 0) is 20.8 Å². The third kappa shape index (κ3) is 4.75. The summed E-state index contributed by atoms with van der Waals surface area (Å²) in [4.78, 5) is 24.3. The quantitative estimate of drug-likeness (QED) is 0.137. The molecule has 2 fully saturated rings. The van der Waals surface area contributed by atoms with Crippen molar-refractivity contribution in [2.45, 2.75) is 75.6 Å². The summed E-state index contributed by atoms with van der Waals surface area (Å²) in [6, 6.07) is 0. The van der Waals surface area contributed by atoms with Crippen LogP contribution in [0.25, 0.3) is 0 Å². The lowest BCUT2D eigenvalue weighted by atomic mass is 9.89. The van der Waals surface area contributed by atoms with Gasteiger partial charge in [-0.2, -0.15) is 0 Å². The molecule has 9 atom stereocenters. The Kier molecular flexibility index (Phi) is 8.14. The van der Waals surface area contributed by atoms with Crippen LogP contribution >= 0.6 is 0 Å². The van der Waals surface area contributed by atoms with Crippen LogP contribution in [0.15, 0.2) is 0 Å². The maximum atomic E-state index is 12.6. The van der Waals surface area contributed by atoms with Crippen molar-refractivity contribution in [3.8, 4) is 0 Å². The Labute approximate surface area is 177 Å². The van der Waals surface area contributed by atoms with E-state index < -0.39 is 91.8 Å². The van der Waals surface area contributed by atoms with E-state index in [-0.39, 0.29) is 0 Å². The van der Waals surface area contributed by atoms with E-state index >= 15 is 0 Å². The molecule has 0 aromatic carbocycles. The summed E-state index contributed by atoms with van der Waals surface area (Å²) in [6.07, 6.45) is -13.4. The van der Waals surface area contributed by atoms with Crippen molar-refractivity contribution >= 4 is 11.8 Å². The van der Waals surface area contributed by atoms with Gasteiger partial charge in [0.2, 0.25) is 5.79 Å². The fourth-order valence-corrected chi connectivity index (χ4v) is 3.18. The Morgan fingerprint density at radius 1 is 0.935 bits per heavy atom. The molecule has 2 aliphatic heterocycles. The molecule has 0 radical (unpaired) electrons. The van der Waals surface area contributed by atoms with Crippen LogP contribution in [0.5, 0.6) is 0 Å². The minimum Gasteiger partial charge on any atom is -0.453 e. The Morgan fingerprint density at radius 2 is 1.52 bits per heavy atom. The zero-order valence-electron chi connectivity index (χ0n) is 17.3. The summed E-state index contributed by atoms with van der Waals surface area (Å²) in [6.45, 7) is 1.11. The van der Waals surface area contributed by atoms with Crippen molar-refractivity contribution in [2.75, 3.05) is 19.8 Å². The number of Topliss-reactive ketones (excluding diaryl/α,β-unsaturated/α-hetero) is 1. The van der Waals surface area contributed by atoms with Crippen LogP contribution in [0, 0.1) is 5.41 Å². The number of aliphatic hydroxyl groups is 7. The summed E-state index contributed by atoms with van der Waals surface area (Å²) in [5.41, 5.74) is -1.62. The van der Waals surface area contributed by atoms with E-state index in [4.69, 9.17) is 18.9 Å². The predicted molar refractivity (Wildman–Crippen MR) is 97.0 cm³/mol. The Balaban J connectivity index is 2.35. The number of hydrogen-bond acceptors (Lipinski definition) is 13. The van der Waals surface area contributed by atoms with E-state index in [9.17, 15) is 45.3 Å². The van der Waals surface area contributed by atoms with Crippen molar-refractivity contribution < 1.29 is 64.3 Å². The number of esters is 1. The molecule has 31 heavy (non-hydrogen) atoms. The molecule has 13 nitrogen and oxygen atoms in total. The Morgan fingerprint density at radius 3 is 2.00 bits per heavy atom. The molecular weight excluding hydrogens is 424 g/mol. The topological polar surface area (TPSA) is 213 Å². The number of carbonyl (C=O) groups is 2. The largest absolute Gasteiger partial charge is 0.453 e. The molecule has 0 saturated carbocycles. The van der Waals surface area contributed by atoms with Crippen molar-refractivity contribution in [3.63, 3.8) is 0 Å². The van der Waals surface area contributed by atoms with Gasteiger partial charge in [0.25, 0.3) is 0 Å². The molecule has 180 valence electrons. The van der Waals surface area contributed by atoms with Gasteiger partial charge < -0.3 is 54.7 Å². The highest BCUT2D eigenvalue weighted by Crippen LogP contribution is 2.38. The number of rotatable bonds is 8. The number of ketones is 1. The molecule has 0 bridgehead atoms. The molecule has 0 unspecified atom stereocenters. The van der Waals surface area contributed by atoms with E-state index in [0.29, 0.717) is 0 Å². The Bertz CT molecular complexity index is 652. The fourth-order valence-electron chi connectivity index (χ4n) is 3.18. The third-order valence-corrected chi connectivity index (χ3v) is 5.66. The molecule has 0 spiro atoms. The van der Waals surface area contributed by atoms with Crippen LogP contribution in [0.2, 0.25) is 0 Å². The van der Waals surface area contributed by atoms with E-state index in [2.05, 4.69) is 0 Å². The first-order valence-electron chi connectivity index (χ1n) is 9.64. The van der Waals surface area contributed by atoms with Crippen molar-refractivity contribution in [1.29, 1.82) is 0 Å². The van der Waals surface area contributed by atoms with Crippen LogP contribution in [0.4, 0.5) is 0 Å². The van der Waals surface area contributed by atoms with Gasteiger partial charge in [-0.25, -0.2) is 0 Å². The van der Waals surface area contributed by atoms with Gasteiger partial charge in [0.1, 0.15) is 54.4 Å². The monoisotopic (exact) mass is 454 g/mol. The van der Waals surface area contributed by atoms with Crippen LogP contribution in [-0.4, -0.2) is 122 Å². The van der Waals surface area contributed by atoms with Crippen LogP contribution in [-0.2, 0) is 28.5 Å². The zero-order valence-corrected chi connectivity index (χ0v) is 17.3. The highest BCUT2D eigenvalue weighted by Gasteiger charge is 2.61. The fraction of sp³-hybridized carbons (Fsp3) is 0.889. The molecule has 13 heteroatoms. The first-order chi connectivity index (χ1) is 14.4. The normalized spacial score (nSPS) is 41.2. The summed E-state index contributed by atoms with van der Waals surface area (Å²) in [5, 5.41) is 69.3. The van der Waals surface area contributed by atoms with Crippen molar-refractivity contribution in [3.05, 3.63) is 0 Å². The molecule has 0 aromatic heterocycles. The molecule has 7 N–H and O–H groups in total. The summed E-state index contributed by atoms with van der Waals surface area (Å²) < 4.78 is 21.3. The number of ether oxygens (including phenoxy) is 4. The minimum absolute atomic E-state index is 0.547. The second-order valence-electron chi connectivity index (χ2n) is 8.12. The highest BCUT2D eigenvalue weighted by atomic mass is 16.8. The lowest BCUT2D eigenvalue weighted by Crippen LogP contribution is -2.63.